The second-order valence-corrected chi connectivity index (χ2v) is 6.39. The molecule has 0 aliphatic heterocycles. The van der Waals surface area contributed by atoms with Crippen molar-refractivity contribution in [2.45, 2.75) is 38.2 Å². The average molecular weight is 303 g/mol. The summed E-state index contributed by atoms with van der Waals surface area (Å²) in [6.07, 6.45) is 0.834. The molecule has 0 heterocycles. The van der Waals surface area contributed by atoms with Crippen LogP contribution >= 0.6 is 27.7 Å². The second kappa shape index (κ2) is 6.67. The van der Waals surface area contributed by atoms with Gasteiger partial charge in [-0.2, -0.15) is 0 Å². The quantitative estimate of drug-likeness (QED) is 0.800. The Bertz CT molecular complexity index is 337. The first-order valence-corrected chi connectivity index (χ1v) is 7.39. The van der Waals surface area contributed by atoms with Gasteiger partial charge in [0.05, 0.1) is 6.10 Å². The summed E-state index contributed by atoms with van der Waals surface area (Å²) < 4.78 is 1.08. The molecule has 0 radical (unpaired) electrons. The van der Waals surface area contributed by atoms with E-state index in [1.165, 1.54) is 11.3 Å². The van der Waals surface area contributed by atoms with Crippen LogP contribution in [-0.4, -0.2) is 10.9 Å². The number of hydrogen-bond acceptors (Lipinski definition) is 2. The molecule has 1 nitrogen and oxygen atoms in total. The predicted octanol–water partition coefficient (Wildman–Crippen LogP) is 4.64. The number of aliphatic hydroxyl groups excluding tert-OH is 1. The van der Waals surface area contributed by atoms with Crippen LogP contribution in [0.15, 0.2) is 27.6 Å². The molecular formula is C13H19BrOS. The lowest BCUT2D eigenvalue weighted by atomic mass is 10.1. The third-order valence-electron chi connectivity index (χ3n) is 2.39. The molecule has 0 fully saturated rings. The van der Waals surface area contributed by atoms with Crippen LogP contribution in [0, 0.1) is 5.92 Å². The SMILES string of the molecule is CC(C)CCSc1ccc([C@@H](C)O)cc1Br. The first kappa shape index (κ1) is 14.1. The van der Waals surface area contributed by atoms with Gasteiger partial charge in [0, 0.05) is 9.37 Å². The van der Waals surface area contributed by atoms with E-state index >= 15 is 0 Å². The normalized spacial score (nSPS) is 13.1. The van der Waals surface area contributed by atoms with Crippen molar-refractivity contribution in [1.82, 2.24) is 0 Å². The number of benzene rings is 1. The molecule has 0 aliphatic rings. The molecule has 0 aromatic heterocycles. The minimum Gasteiger partial charge on any atom is -0.389 e. The van der Waals surface area contributed by atoms with Crippen molar-refractivity contribution in [1.29, 1.82) is 0 Å². The maximum Gasteiger partial charge on any atom is 0.0762 e. The summed E-state index contributed by atoms with van der Waals surface area (Å²) in [6, 6.07) is 6.08. The molecule has 3 heteroatoms. The van der Waals surface area contributed by atoms with Crippen molar-refractivity contribution in [3.05, 3.63) is 28.2 Å². The first-order chi connectivity index (χ1) is 7.50. The Morgan fingerprint density at radius 1 is 1.31 bits per heavy atom. The van der Waals surface area contributed by atoms with Gasteiger partial charge in [0.1, 0.15) is 0 Å². The van der Waals surface area contributed by atoms with Crippen LogP contribution in [-0.2, 0) is 0 Å². The van der Waals surface area contributed by atoms with E-state index < -0.39 is 6.10 Å². The summed E-state index contributed by atoms with van der Waals surface area (Å²) in [5, 5.41) is 9.46. The van der Waals surface area contributed by atoms with Crippen LogP contribution in [0.1, 0.15) is 38.9 Å². The van der Waals surface area contributed by atoms with Crippen molar-refractivity contribution in [3.63, 3.8) is 0 Å². The van der Waals surface area contributed by atoms with Crippen LogP contribution in [0.3, 0.4) is 0 Å². The van der Waals surface area contributed by atoms with Gasteiger partial charge < -0.3 is 5.11 Å². The lowest BCUT2D eigenvalue weighted by molar-refractivity contribution is 0.199. The zero-order valence-electron chi connectivity index (χ0n) is 10.0. The minimum atomic E-state index is -0.397. The molecule has 0 unspecified atom stereocenters. The van der Waals surface area contributed by atoms with Gasteiger partial charge in [-0.05, 0) is 58.6 Å². The molecule has 1 aromatic rings. The molecular weight excluding hydrogens is 284 g/mol. The molecule has 0 amide bonds. The Balaban J connectivity index is 2.61. The Hall–Kier alpha value is 0.01000. The Morgan fingerprint density at radius 3 is 2.50 bits per heavy atom. The molecule has 16 heavy (non-hydrogen) atoms. The van der Waals surface area contributed by atoms with E-state index in [4.69, 9.17) is 0 Å². The highest BCUT2D eigenvalue weighted by atomic mass is 79.9. The minimum absolute atomic E-state index is 0.397. The fourth-order valence-corrected chi connectivity index (χ4v) is 3.21. The van der Waals surface area contributed by atoms with Gasteiger partial charge in [0.25, 0.3) is 0 Å². The molecule has 0 bridgehead atoms. The number of rotatable bonds is 5. The van der Waals surface area contributed by atoms with Crippen molar-refractivity contribution in [2.75, 3.05) is 5.75 Å². The van der Waals surface area contributed by atoms with E-state index in [-0.39, 0.29) is 0 Å². The van der Waals surface area contributed by atoms with Crippen LogP contribution < -0.4 is 0 Å². The van der Waals surface area contributed by atoms with Crippen LogP contribution in [0.25, 0.3) is 0 Å². The highest BCUT2D eigenvalue weighted by Crippen LogP contribution is 2.30. The van der Waals surface area contributed by atoms with Gasteiger partial charge in [-0.1, -0.05) is 19.9 Å². The molecule has 90 valence electrons. The molecule has 1 rings (SSSR count). The molecule has 0 aliphatic carbocycles. The van der Waals surface area contributed by atoms with E-state index in [2.05, 4.69) is 35.8 Å². The largest absolute Gasteiger partial charge is 0.389 e. The average Bonchev–Trinajstić information content (AvgIpc) is 2.19. The zero-order chi connectivity index (χ0) is 12.1. The van der Waals surface area contributed by atoms with Gasteiger partial charge in [-0.25, -0.2) is 0 Å². The van der Waals surface area contributed by atoms with Crippen LogP contribution in [0.4, 0.5) is 0 Å². The summed E-state index contributed by atoms with van der Waals surface area (Å²) in [6.45, 7) is 6.27. The molecule has 0 saturated heterocycles. The molecule has 1 atom stereocenters. The predicted molar refractivity (Wildman–Crippen MR) is 75.0 cm³/mol. The van der Waals surface area contributed by atoms with Crippen LogP contribution in [0.5, 0.6) is 0 Å². The summed E-state index contributed by atoms with van der Waals surface area (Å²) >= 11 is 5.42. The van der Waals surface area contributed by atoms with E-state index in [0.717, 1.165) is 21.7 Å². The number of hydrogen-bond donors (Lipinski definition) is 1. The van der Waals surface area contributed by atoms with Gasteiger partial charge >= 0.3 is 0 Å². The smallest absolute Gasteiger partial charge is 0.0762 e. The van der Waals surface area contributed by atoms with Gasteiger partial charge in [0.15, 0.2) is 0 Å². The topological polar surface area (TPSA) is 20.2 Å². The van der Waals surface area contributed by atoms with E-state index in [9.17, 15) is 5.11 Å². The highest BCUT2D eigenvalue weighted by Gasteiger charge is 2.06. The van der Waals surface area contributed by atoms with Gasteiger partial charge in [-0.15, -0.1) is 11.8 Å². The lowest BCUT2D eigenvalue weighted by Crippen LogP contribution is -1.92. The van der Waals surface area contributed by atoms with Crippen LogP contribution in [0.2, 0.25) is 0 Å². The first-order valence-electron chi connectivity index (χ1n) is 5.61. The Kier molecular flexibility index (Phi) is 5.87. The molecule has 0 saturated carbocycles. The third-order valence-corrected chi connectivity index (χ3v) is 4.42. The van der Waals surface area contributed by atoms with Crippen molar-refractivity contribution in [2.24, 2.45) is 5.92 Å². The molecule has 1 N–H and O–H groups in total. The highest BCUT2D eigenvalue weighted by molar-refractivity contribution is 9.10. The zero-order valence-corrected chi connectivity index (χ0v) is 12.4. The van der Waals surface area contributed by atoms with Crippen molar-refractivity contribution in [3.8, 4) is 0 Å². The van der Waals surface area contributed by atoms with Gasteiger partial charge in [-0.3, -0.25) is 0 Å². The van der Waals surface area contributed by atoms with Crippen molar-refractivity contribution >= 4 is 27.7 Å². The third kappa shape index (κ3) is 4.48. The van der Waals surface area contributed by atoms with Gasteiger partial charge in [0.2, 0.25) is 0 Å². The lowest BCUT2D eigenvalue weighted by Gasteiger charge is -2.09. The fourth-order valence-electron chi connectivity index (χ4n) is 1.30. The second-order valence-electron chi connectivity index (χ2n) is 4.40. The van der Waals surface area contributed by atoms with E-state index in [1.807, 2.05) is 23.9 Å². The summed E-state index contributed by atoms with van der Waals surface area (Å²) in [4.78, 5) is 1.25. The fraction of sp³-hybridized carbons (Fsp3) is 0.538. The summed E-state index contributed by atoms with van der Waals surface area (Å²) in [5.41, 5.74) is 0.958. The number of halogens is 1. The summed E-state index contributed by atoms with van der Waals surface area (Å²) in [5.74, 6) is 1.90. The Morgan fingerprint density at radius 2 is 2.00 bits per heavy atom. The summed E-state index contributed by atoms with van der Waals surface area (Å²) in [7, 11) is 0. The Labute approximate surface area is 111 Å². The van der Waals surface area contributed by atoms with E-state index in [1.54, 1.807) is 6.92 Å². The monoisotopic (exact) mass is 302 g/mol. The molecule has 0 spiro atoms. The maximum absolute atomic E-state index is 9.46. The number of aliphatic hydroxyl groups is 1. The van der Waals surface area contributed by atoms with E-state index in [0.29, 0.717) is 0 Å². The standard InChI is InChI=1S/C13H19BrOS/c1-9(2)6-7-16-13-5-4-11(10(3)15)8-12(13)14/h4-5,8-10,15H,6-7H2,1-3H3/t10-/m1/s1. The maximum atomic E-state index is 9.46. The number of thioether (sulfide) groups is 1. The van der Waals surface area contributed by atoms with Crippen molar-refractivity contribution < 1.29 is 5.11 Å². The molecule has 1 aromatic carbocycles.